The highest BCUT2D eigenvalue weighted by atomic mass is 16.3. The summed E-state index contributed by atoms with van der Waals surface area (Å²) in [5.41, 5.74) is 0. The van der Waals surface area contributed by atoms with Crippen molar-refractivity contribution < 1.29 is 5.11 Å². The first-order valence-electron chi connectivity index (χ1n) is 6.62. The van der Waals surface area contributed by atoms with Gasteiger partial charge in [0, 0.05) is 32.0 Å². The van der Waals surface area contributed by atoms with Crippen molar-refractivity contribution in [2.45, 2.75) is 38.1 Å². The van der Waals surface area contributed by atoms with E-state index in [1.54, 1.807) is 0 Å². The van der Waals surface area contributed by atoms with Crippen molar-refractivity contribution in [3.63, 3.8) is 0 Å². The third-order valence-corrected chi connectivity index (χ3v) is 3.91. The van der Waals surface area contributed by atoms with Gasteiger partial charge in [0.25, 0.3) is 0 Å². The molecule has 0 saturated carbocycles. The molecule has 0 spiro atoms. The summed E-state index contributed by atoms with van der Waals surface area (Å²) in [6.45, 7) is 3.31. The predicted molar refractivity (Wildman–Crippen MR) is 63.8 cm³/mol. The van der Waals surface area contributed by atoms with Gasteiger partial charge in [-0.3, -0.25) is 0 Å². The summed E-state index contributed by atoms with van der Waals surface area (Å²) in [6.07, 6.45) is 4.31. The van der Waals surface area contributed by atoms with E-state index in [-0.39, 0.29) is 6.61 Å². The molecule has 3 rings (SSSR count). The lowest BCUT2D eigenvalue weighted by Gasteiger charge is -2.19. The number of hydrogen-bond donors (Lipinski definition) is 2. The Hall–Kier alpha value is -0.940. The Morgan fingerprint density at radius 3 is 3.12 bits per heavy atom. The van der Waals surface area contributed by atoms with E-state index in [0.717, 1.165) is 44.1 Å². The standard InChI is InChI=1S/C12H20N4O/c17-8-9-3-5-16-11(6-9)14-12(15-16)10-2-1-4-13-7-10/h9-10,13,17H,1-8H2. The topological polar surface area (TPSA) is 63.0 Å². The highest BCUT2D eigenvalue weighted by Crippen LogP contribution is 2.24. The van der Waals surface area contributed by atoms with E-state index in [4.69, 9.17) is 0 Å². The van der Waals surface area contributed by atoms with Gasteiger partial charge in [0.15, 0.2) is 5.82 Å². The van der Waals surface area contributed by atoms with Crippen LogP contribution in [0, 0.1) is 5.92 Å². The summed E-state index contributed by atoms with van der Waals surface area (Å²) in [7, 11) is 0. The fourth-order valence-corrected chi connectivity index (χ4v) is 2.79. The molecule has 5 nitrogen and oxygen atoms in total. The van der Waals surface area contributed by atoms with Crippen LogP contribution in [0.25, 0.3) is 0 Å². The molecule has 2 atom stereocenters. The van der Waals surface area contributed by atoms with Crippen LogP contribution in [0.1, 0.15) is 36.8 Å². The fraction of sp³-hybridized carbons (Fsp3) is 0.833. The van der Waals surface area contributed by atoms with Gasteiger partial charge in [-0.25, -0.2) is 9.67 Å². The smallest absolute Gasteiger partial charge is 0.155 e. The first kappa shape index (κ1) is 11.2. The molecule has 1 saturated heterocycles. The van der Waals surface area contributed by atoms with Crippen LogP contribution in [0.4, 0.5) is 0 Å². The van der Waals surface area contributed by atoms with E-state index in [1.165, 1.54) is 12.8 Å². The Labute approximate surface area is 101 Å². The minimum atomic E-state index is 0.271. The van der Waals surface area contributed by atoms with Crippen molar-refractivity contribution in [3.05, 3.63) is 11.6 Å². The molecule has 2 N–H and O–H groups in total. The van der Waals surface area contributed by atoms with E-state index in [0.29, 0.717) is 11.8 Å². The van der Waals surface area contributed by atoms with E-state index >= 15 is 0 Å². The van der Waals surface area contributed by atoms with Crippen molar-refractivity contribution in [1.82, 2.24) is 20.1 Å². The molecule has 5 heteroatoms. The van der Waals surface area contributed by atoms with E-state index in [9.17, 15) is 5.11 Å². The Morgan fingerprint density at radius 1 is 1.41 bits per heavy atom. The number of aryl methyl sites for hydroxylation is 1. The van der Waals surface area contributed by atoms with Crippen molar-refractivity contribution in [1.29, 1.82) is 0 Å². The van der Waals surface area contributed by atoms with Crippen LogP contribution in [-0.4, -0.2) is 39.6 Å². The van der Waals surface area contributed by atoms with E-state index < -0.39 is 0 Å². The molecule has 1 aromatic rings. The quantitative estimate of drug-likeness (QED) is 0.775. The van der Waals surface area contributed by atoms with Crippen molar-refractivity contribution >= 4 is 0 Å². The summed E-state index contributed by atoms with van der Waals surface area (Å²) < 4.78 is 2.04. The summed E-state index contributed by atoms with van der Waals surface area (Å²) in [5, 5.41) is 17.2. The van der Waals surface area contributed by atoms with Crippen LogP contribution in [0.15, 0.2) is 0 Å². The van der Waals surface area contributed by atoms with Crippen LogP contribution >= 0.6 is 0 Å². The SMILES string of the molecule is OCC1CCn2nc(C3CCCNC3)nc2C1. The number of aliphatic hydroxyl groups is 1. The molecule has 2 unspecified atom stereocenters. The van der Waals surface area contributed by atoms with Crippen LogP contribution < -0.4 is 5.32 Å². The lowest BCUT2D eigenvalue weighted by atomic mass is 9.98. The van der Waals surface area contributed by atoms with Gasteiger partial charge in [0.05, 0.1) is 0 Å². The first-order chi connectivity index (χ1) is 8.36. The Balaban J connectivity index is 1.77. The zero-order valence-corrected chi connectivity index (χ0v) is 10.1. The van der Waals surface area contributed by atoms with Crippen molar-refractivity contribution in [2.75, 3.05) is 19.7 Å². The van der Waals surface area contributed by atoms with Gasteiger partial charge in [-0.15, -0.1) is 0 Å². The summed E-state index contributed by atoms with van der Waals surface area (Å²) in [4.78, 5) is 4.67. The molecule has 3 heterocycles. The molecule has 1 fully saturated rings. The molecule has 2 aliphatic heterocycles. The molecule has 94 valence electrons. The average Bonchev–Trinajstić information content (AvgIpc) is 2.82. The lowest BCUT2D eigenvalue weighted by molar-refractivity contribution is 0.196. The van der Waals surface area contributed by atoms with Gasteiger partial charge in [0.1, 0.15) is 5.82 Å². The van der Waals surface area contributed by atoms with Gasteiger partial charge < -0.3 is 10.4 Å². The Morgan fingerprint density at radius 2 is 2.35 bits per heavy atom. The first-order valence-corrected chi connectivity index (χ1v) is 6.62. The van der Waals surface area contributed by atoms with Crippen LogP contribution in [0.3, 0.4) is 0 Å². The third kappa shape index (κ3) is 2.21. The lowest BCUT2D eigenvalue weighted by Crippen LogP contribution is -2.29. The largest absolute Gasteiger partial charge is 0.396 e. The van der Waals surface area contributed by atoms with Gasteiger partial charge in [-0.05, 0) is 31.7 Å². The van der Waals surface area contributed by atoms with E-state index in [2.05, 4.69) is 15.4 Å². The number of nitrogens with zero attached hydrogens (tertiary/aromatic N) is 3. The van der Waals surface area contributed by atoms with Crippen molar-refractivity contribution in [2.24, 2.45) is 5.92 Å². The monoisotopic (exact) mass is 236 g/mol. The molecule has 17 heavy (non-hydrogen) atoms. The van der Waals surface area contributed by atoms with Gasteiger partial charge >= 0.3 is 0 Å². The summed E-state index contributed by atoms with van der Waals surface area (Å²) in [6, 6.07) is 0. The number of piperidine rings is 1. The maximum Gasteiger partial charge on any atom is 0.155 e. The van der Waals surface area contributed by atoms with Gasteiger partial charge in [-0.1, -0.05) is 0 Å². The summed E-state index contributed by atoms with van der Waals surface area (Å²) >= 11 is 0. The molecule has 0 bridgehead atoms. The highest BCUT2D eigenvalue weighted by Gasteiger charge is 2.25. The second-order valence-electron chi connectivity index (χ2n) is 5.19. The third-order valence-electron chi connectivity index (χ3n) is 3.91. The predicted octanol–water partition coefficient (Wildman–Crippen LogP) is 0.300. The second kappa shape index (κ2) is 4.74. The van der Waals surface area contributed by atoms with Crippen LogP contribution in [0.2, 0.25) is 0 Å². The van der Waals surface area contributed by atoms with Gasteiger partial charge in [-0.2, -0.15) is 5.10 Å². The molecule has 0 radical (unpaired) electrons. The second-order valence-corrected chi connectivity index (χ2v) is 5.19. The molecular formula is C12H20N4O. The number of fused-ring (bicyclic) bond motifs is 1. The van der Waals surface area contributed by atoms with Crippen molar-refractivity contribution in [3.8, 4) is 0 Å². The molecule has 2 aliphatic rings. The number of nitrogens with one attached hydrogen (secondary N) is 1. The molecular weight excluding hydrogens is 216 g/mol. The molecule has 0 aromatic carbocycles. The fourth-order valence-electron chi connectivity index (χ4n) is 2.79. The Kier molecular flexibility index (Phi) is 3.11. The Bertz CT molecular complexity index is 384. The molecule has 1 aromatic heterocycles. The van der Waals surface area contributed by atoms with Gasteiger partial charge in [0.2, 0.25) is 0 Å². The molecule has 0 amide bonds. The average molecular weight is 236 g/mol. The van der Waals surface area contributed by atoms with Crippen LogP contribution in [-0.2, 0) is 13.0 Å². The number of hydrogen-bond acceptors (Lipinski definition) is 4. The van der Waals surface area contributed by atoms with Crippen LogP contribution in [0.5, 0.6) is 0 Å². The normalized spacial score (nSPS) is 29.0. The van der Waals surface area contributed by atoms with E-state index in [1.807, 2.05) is 4.68 Å². The maximum atomic E-state index is 9.20. The maximum absolute atomic E-state index is 9.20. The molecule has 0 aliphatic carbocycles. The highest BCUT2D eigenvalue weighted by molar-refractivity contribution is 5.04. The zero-order valence-electron chi connectivity index (χ0n) is 10.1. The summed E-state index contributed by atoms with van der Waals surface area (Å²) in [5.74, 6) is 2.93. The number of aromatic nitrogens is 3. The minimum absolute atomic E-state index is 0.271. The number of aliphatic hydroxyl groups excluding tert-OH is 1. The zero-order chi connectivity index (χ0) is 11.7. The number of rotatable bonds is 2. The minimum Gasteiger partial charge on any atom is -0.396 e.